The highest BCUT2D eigenvalue weighted by atomic mass is 16.7. The van der Waals surface area contributed by atoms with Gasteiger partial charge in [-0.2, -0.15) is 0 Å². The van der Waals surface area contributed by atoms with Crippen molar-refractivity contribution in [3.63, 3.8) is 0 Å². The zero-order valence-corrected chi connectivity index (χ0v) is 27.8. The molecule has 2 aromatic carbocycles. The average Bonchev–Trinajstić information content (AvgIpc) is 3.11. The zero-order valence-electron chi connectivity index (χ0n) is 27.8. The Bertz CT molecular complexity index is 1000. The summed E-state index contributed by atoms with van der Waals surface area (Å²) in [7, 11) is 2.90. The second-order valence-electron chi connectivity index (χ2n) is 9.72. The van der Waals surface area contributed by atoms with Gasteiger partial charge in [0.1, 0.15) is 12.4 Å². The number of benzene rings is 2. The first-order valence-electron chi connectivity index (χ1n) is 15.8. The van der Waals surface area contributed by atoms with E-state index in [2.05, 4.69) is 0 Å². The molecular formula is C34H52O13. The van der Waals surface area contributed by atoms with E-state index in [-0.39, 0.29) is 12.4 Å². The summed E-state index contributed by atoms with van der Waals surface area (Å²) in [5, 5.41) is 8.59. The van der Waals surface area contributed by atoms with E-state index in [1.165, 1.54) is 14.2 Å². The van der Waals surface area contributed by atoms with Crippen LogP contribution in [0.1, 0.15) is 15.9 Å². The van der Waals surface area contributed by atoms with Gasteiger partial charge in [0.2, 0.25) is 5.78 Å². The predicted molar refractivity (Wildman–Crippen MR) is 172 cm³/mol. The largest absolute Gasteiger partial charge is 0.491 e. The molecule has 47 heavy (non-hydrogen) atoms. The number of Topliss-reactive ketones (excluding diaryl/α,β-unsaturated/α-hetero) is 1. The van der Waals surface area contributed by atoms with Crippen LogP contribution in [0.5, 0.6) is 5.75 Å². The van der Waals surface area contributed by atoms with Gasteiger partial charge in [0.05, 0.1) is 112 Å². The van der Waals surface area contributed by atoms with Crippen LogP contribution in [0, 0.1) is 0 Å². The highest BCUT2D eigenvalue weighted by Crippen LogP contribution is 2.31. The molecule has 1 N–H and O–H groups in total. The van der Waals surface area contributed by atoms with Crippen molar-refractivity contribution in [1.82, 2.24) is 0 Å². The second-order valence-corrected chi connectivity index (χ2v) is 9.72. The van der Waals surface area contributed by atoms with Crippen LogP contribution in [0.4, 0.5) is 0 Å². The molecule has 0 atom stereocenters. The average molecular weight is 669 g/mol. The van der Waals surface area contributed by atoms with Gasteiger partial charge < -0.3 is 57.2 Å². The van der Waals surface area contributed by atoms with Gasteiger partial charge in [-0.15, -0.1) is 0 Å². The van der Waals surface area contributed by atoms with Gasteiger partial charge in [-0.05, 0) is 24.3 Å². The molecule has 0 aliphatic heterocycles. The van der Waals surface area contributed by atoms with Crippen LogP contribution in [-0.2, 0) is 53.2 Å². The van der Waals surface area contributed by atoms with E-state index >= 15 is 0 Å². The number of aliphatic hydroxyl groups is 1. The summed E-state index contributed by atoms with van der Waals surface area (Å²) in [5.41, 5.74) is 1.05. The number of carbonyl (C=O) groups is 1. The molecule has 0 saturated carbocycles. The SMILES string of the molecule is COC(OC)(C(=O)c1ccc(OCCOCCOCCOCCOCCOCCOCCOCCOCCO)cc1)c1ccccc1. The van der Waals surface area contributed by atoms with Crippen molar-refractivity contribution >= 4 is 5.78 Å². The Morgan fingerprint density at radius 3 is 1.23 bits per heavy atom. The first-order chi connectivity index (χ1) is 23.2. The molecule has 0 unspecified atom stereocenters. The van der Waals surface area contributed by atoms with Gasteiger partial charge in [-0.25, -0.2) is 0 Å². The van der Waals surface area contributed by atoms with Crippen LogP contribution in [0.2, 0.25) is 0 Å². The predicted octanol–water partition coefficient (Wildman–Crippen LogP) is 2.52. The normalized spacial score (nSPS) is 11.6. The molecular weight excluding hydrogens is 616 g/mol. The zero-order chi connectivity index (χ0) is 33.7. The van der Waals surface area contributed by atoms with Crippen LogP contribution >= 0.6 is 0 Å². The summed E-state index contributed by atoms with van der Waals surface area (Å²) in [6, 6.07) is 15.9. The quantitative estimate of drug-likeness (QED) is 0.0695. The Hall–Kier alpha value is -2.53. The lowest BCUT2D eigenvalue weighted by Crippen LogP contribution is -2.39. The maximum absolute atomic E-state index is 13.3. The summed E-state index contributed by atoms with van der Waals surface area (Å²) in [6.07, 6.45) is 0. The van der Waals surface area contributed by atoms with Crippen LogP contribution in [0.15, 0.2) is 54.6 Å². The summed E-state index contributed by atoms with van der Waals surface area (Å²) in [4.78, 5) is 13.3. The minimum atomic E-state index is -1.52. The standard InChI is InChI=1S/C34H52O13/c1-37-34(38-2,31-6-4-3-5-7-31)33(36)30-8-10-32(11-9-30)47-29-28-46-27-26-45-25-24-44-23-22-43-21-20-42-19-18-41-17-16-40-15-14-39-13-12-35/h3-11,35H,12-29H2,1-2H3. The fourth-order valence-corrected chi connectivity index (χ4v) is 4.11. The van der Waals surface area contributed by atoms with Crippen molar-refractivity contribution in [2.45, 2.75) is 5.79 Å². The Morgan fingerprint density at radius 1 is 0.511 bits per heavy atom. The van der Waals surface area contributed by atoms with E-state index in [1.807, 2.05) is 18.2 Å². The van der Waals surface area contributed by atoms with Crippen molar-refractivity contribution in [2.24, 2.45) is 0 Å². The molecule has 2 rings (SSSR count). The maximum atomic E-state index is 13.3. The lowest BCUT2D eigenvalue weighted by Gasteiger charge is -2.29. The summed E-state index contributed by atoms with van der Waals surface area (Å²) >= 11 is 0. The number of ether oxygens (including phenoxy) is 11. The summed E-state index contributed by atoms with van der Waals surface area (Å²) < 4.78 is 60.1. The van der Waals surface area contributed by atoms with Gasteiger partial charge in [0.25, 0.3) is 5.79 Å². The molecule has 13 nitrogen and oxygen atoms in total. The van der Waals surface area contributed by atoms with Crippen molar-refractivity contribution in [1.29, 1.82) is 0 Å². The Balaban J connectivity index is 1.36. The monoisotopic (exact) mass is 668 g/mol. The minimum absolute atomic E-state index is 0.0188. The Labute approximate surface area is 278 Å². The van der Waals surface area contributed by atoms with Gasteiger partial charge in [-0.1, -0.05) is 30.3 Å². The van der Waals surface area contributed by atoms with E-state index < -0.39 is 5.79 Å². The summed E-state index contributed by atoms with van der Waals surface area (Å²) in [6.45, 7) is 7.79. The number of hydrogen-bond donors (Lipinski definition) is 1. The van der Waals surface area contributed by atoms with E-state index in [1.54, 1.807) is 36.4 Å². The molecule has 0 bridgehead atoms. The Kier molecular flexibility index (Phi) is 23.7. The van der Waals surface area contributed by atoms with Crippen LogP contribution < -0.4 is 4.74 Å². The number of rotatable bonds is 32. The van der Waals surface area contributed by atoms with Crippen molar-refractivity contribution in [3.05, 3.63) is 65.7 Å². The highest BCUT2D eigenvalue weighted by molar-refractivity contribution is 6.02. The topological polar surface area (TPSA) is 139 Å². The Morgan fingerprint density at radius 2 is 0.872 bits per heavy atom. The molecule has 13 heteroatoms. The first kappa shape index (κ1) is 40.6. The fraction of sp³-hybridized carbons (Fsp3) is 0.618. The summed E-state index contributed by atoms with van der Waals surface area (Å²) in [5.74, 6) is -1.21. The van der Waals surface area contributed by atoms with E-state index in [9.17, 15) is 4.79 Å². The van der Waals surface area contributed by atoms with Crippen molar-refractivity contribution in [2.75, 3.05) is 133 Å². The van der Waals surface area contributed by atoms with Crippen LogP contribution in [0.3, 0.4) is 0 Å². The van der Waals surface area contributed by atoms with Crippen LogP contribution in [0.25, 0.3) is 0 Å². The number of ketones is 1. The molecule has 0 aromatic heterocycles. The third-order valence-corrected chi connectivity index (χ3v) is 6.48. The minimum Gasteiger partial charge on any atom is -0.491 e. The first-order valence-corrected chi connectivity index (χ1v) is 15.8. The molecule has 266 valence electrons. The lowest BCUT2D eigenvalue weighted by molar-refractivity contribution is -0.176. The molecule has 0 amide bonds. The smallest absolute Gasteiger partial charge is 0.260 e. The van der Waals surface area contributed by atoms with Gasteiger partial charge in [0, 0.05) is 25.3 Å². The molecule has 0 fully saturated rings. The van der Waals surface area contributed by atoms with E-state index in [0.29, 0.717) is 129 Å². The third kappa shape index (κ3) is 17.4. The van der Waals surface area contributed by atoms with E-state index in [4.69, 9.17) is 57.2 Å². The van der Waals surface area contributed by atoms with Gasteiger partial charge >= 0.3 is 0 Å². The molecule has 0 heterocycles. The molecule has 0 radical (unpaired) electrons. The molecule has 0 aliphatic carbocycles. The highest BCUT2D eigenvalue weighted by Gasteiger charge is 2.41. The van der Waals surface area contributed by atoms with Crippen LogP contribution in [-0.4, -0.2) is 144 Å². The second kappa shape index (κ2) is 27.4. The number of aliphatic hydroxyl groups excluding tert-OH is 1. The maximum Gasteiger partial charge on any atom is 0.260 e. The molecule has 0 spiro atoms. The van der Waals surface area contributed by atoms with E-state index in [0.717, 1.165) is 0 Å². The van der Waals surface area contributed by atoms with Gasteiger partial charge in [-0.3, -0.25) is 4.79 Å². The van der Waals surface area contributed by atoms with Gasteiger partial charge in [0.15, 0.2) is 0 Å². The molecule has 2 aromatic rings. The van der Waals surface area contributed by atoms with Crippen molar-refractivity contribution in [3.8, 4) is 5.75 Å². The number of methoxy groups -OCH3 is 2. The fourth-order valence-electron chi connectivity index (χ4n) is 4.11. The number of carbonyl (C=O) groups excluding carboxylic acids is 1. The third-order valence-electron chi connectivity index (χ3n) is 6.48. The van der Waals surface area contributed by atoms with Crippen molar-refractivity contribution < 1.29 is 62.0 Å². The number of hydrogen-bond acceptors (Lipinski definition) is 13. The molecule has 0 saturated heterocycles. The molecule has 0 aliphatic rings. The lowest BCUT2D eigenvalue weighted by atomic mass is 9.96.